The van der Waals surface area contributed by atoms with Crippen LogP contribution in [0.4, 0.5) is 5.69 Å². The van der Waals surface area contributed by atoms with Gasteiger partial charge in [0.1, 0.15) is 5.75 Å². The summed E-state index contributed by atoms with van der Waals surface area (Å²) in [5.74, 6) is -2.23. The van der Waals surface area contributed by atoms with E-state index in [4.69, 9.17) is 5.11 Å². The fraction of sp³-hybridized carbons (Fsp3) is 0.200. The number of hydrogen-bond donors (Lipinski definition) is 4. The first-order chi connectivity index (χ1) is 7.43. The first-order valence-corrected chi connectivity index (χ1v) is 4.52. The van der Waals surface area contributed by atoms with Gasteiger partial charge in [-0.2, -0.15) is 0 Å². The molecule has 0 saturated heterocycles. The van der Waals surface area contributed by atoms with Crippen molar-refractivity contribution in [1.29, 1.82) is 0 Å². The zero-order valence-electron chi connectivity index (χ0n) is 8.10. The fourth-order valence-electron chi connectivity index (χ4n) is 1.73. The number of carbonyl (C=O) groups excluding carboxylic acids is 1. The van der Waals surface area contributed by atoms with Gasteiger partial charge in [-0.05, 0) is 18.2 Å². The lowest BCUT2D eigenvalue weighted by molar-refractivity contribution is -0.149. The molecular formula is C10H9NO5. The van der Waals surface area contributed by atoms with E-state index < -0.39 is 23.9 Å². The van der Waals surface area contributed by atoms with Gasteiger partial charge in [0.2, 0.25) is 0 Å². The average Bonchev–Trinajstić information content (AvgIpc) is 2.40. The first-order valence-electron chi connectivity index (χ1n) is 4.52. The molecule has 1 aliphatic rings. The van der Waals surface area contributed by atoms with Crippen molar-refractivity contribution in [1.82, 2.24) is 0 Å². The number of benzene rings is 1. The van der Waals surface area contributed by atoms with Crippen molar-refractivity contribution in [2.24, 2.45) is 0 Å². The van der Waals surface area contributed by atoms with Crippen molar-refractivity contribution in [3.8, 4) is 5.75 Å². The van der Waals surface area contributed by atoms with Crippen molar-refractivity contribution in [2.45, 2.75) is 12.0 Å². The Balaban J connectivity index is 2.53. The number of carboxylic acids is 1. The monoisotopic (exact) mass is 223 g/mol. The highest BCUT2D eigenvalue weighted by Gasteiger charge is 2.47. The van der Waals surface area contributed by atoms with Gasteiger partial charge in [-0.1, -0.05) is 0 Å². The highest BCUT2D eigenvalue weighted by atomic mass is 16.4. The van der Waals surface area contributed by atoms with Crippen molar-refractivity contribution in [3.05, 3.63) is 23.8 Å². The van der Waals surface area contributed by atoms with Gasteiger partial charge in [0.15, 0.2) is 5.60 Å². The summed E-state index contributed by atoms with van der Waals surface area (Å²) in [5.41, 5.74) is -1.72. The van der Waals surface area contributed by atoms with Gasteiger partial charge in [-0.15, -0.1) is 0 Å². The Labute approximate surface area is 90.1 Å². The molecule has 1 atom stereocenters. The predicted molar refractivity (Wildman–Crippen MR) is 52.9 cm³/mol. The number of aliphatic hydroxyl groups is 1. The number of amides is 1. The zero-order chi connectivity index (χ0) is 11.9. The molecule has 1 aliphatic heterocycles. The Morgan fingerprint density at radius 3 is 2.75 bits per heavy atom. The van der Waals surface area contributed by atoms with E-state index in [0.29, 0.717) is 5.69 Å². The van der Waals surface area contributed by atoms with E-state index >= 15 is 0 Å². The van der Waals surface area contributed by atoms with E-state index in [1.54, 1.807) is 0 Å². The van der Waals surface area contributed by atoms with Crippen LogP contribution in [0.1, 0.15) is 12.0 Å². The van der Waals surface area contributed by atoms with Gasteiger partial charge in [-0.3, -0.25) is 9.59 Å². The second-order valence-corrected chi connectivity index (χ2v) is 3.61. The van der Waals surface area contributed by atoms with Crippen LogP contribution in [0.3, 0.4) is 0 Å². The Bertz CT molecular complexity index is 484. The van der Waals surface area contributed by atoms with Crippen LogP contribution < -0.4 is 5.32 Å². The minimum atomic E-state index is -2.11. The Morgan fingerprint density at radius 1 is 1.44 bits per heavy atom. The number of anilines is 1. The van der Waals surface area contributed by atoms with Crippen LogP contribution in [-0.4, -0.2) is 27.2 Å². The largest absolute Gasteiger partial charge is 0.508 e. The maximum Gasteiger partial charge on any atom is 0.307 e. The van der Waals surface area contributed by atoms with Crippen molar-refractivity contribution in [3.63, 3.8) is 0 Å². The third kappa shape index (κ3) is 1.40. The summed E-state index contributed by atoms with van der Waals surface area (Å²) >= 11 is 0. The molecule has 6 nitrogen and oxygen atoms in total. The van der Waals surface area contributed by atoms with Crippen LogP contribution in [-0.2, 0) is 15.2 Å². The smallest absolute Gasteiger partial charge is 0.307 e. The van der Waals surface area contributed by atoms with Crippen LogP contribution in [0.25, 0.3) is 0 Å². The number of rotatable bonds is 2. The number of aliphatic carboxylic acids is 1. The van der Waals surface area contributed by atoms with Crippen LogP contribution in [0.2, 0.25) is 0 Å². The molecule has 1 amide bonds. The van der Waals surface area contributed by atoms with E-state index in [0.717, 1.165) is 0 Å². The molecule has 84 valence electrons. The van der Waals surface area contributed by atoms with Gasteiger partial charge >= 0.3 is 5.97 Å². The quantitative estimate of drug-likeness (QED) is 0.528. The molecule has 6 heteroatoms. The number of hydrogen-bond acceptors (Lipinski definition) is 4. The predicted octanol–water partition coefficient (Wildman–Crippen LogP) is 0.00660. The van der Waals surface area contributed by atoms with Crippen molar-refractivity contribution >= 4 is 17.6 Å². The number of carboxylic acid groups (broad SMARTS) is 1. The summed E-state index contributed by atoms with van der Waals surface area (Å²) in [4.78, 5) is 22.1. The maximum absolute atomic E-state index is 11.5. The van der Waals surface area contributed by atoms with Crippen LogP contribution >= 0.6 is 0 Å². The van der Waals surface area contributed by atoms with E-state index in [9.17, 15) is 19.8 Å². The van der Waals surface area contributed by atoms with Crippen molar-refractivity contribution < 1.29 is 24.9 Å². The Hall–Kier alpha value is -2.08. The molecule has 0 aromatic heterocycles. The number of aromatic hydroxyl groups is 1. The number of carbonyl (C=O) groups is 2. The Kier molecular flexibility index (Phi) is 2.09. The van der Waals surface area contributed by atoms with E-state index in [1.165, 1.54) is 18.2 Å². The molecule has 0 aliphatic carbocycles. The summed E-state index contributed by atoms with van der Waals surface area (Å²) in [7, 11) is 0. The fourth-order valence-corrected chi connectivity index (χ4v) is 1.73. The Morgan fingerprint density at radius 2 is 2.12 bits per heavy atom. The number of fused-ring (bicyclic) bond motifs is 1. The SMILES string of the molecule is O=C(O)CC1(O)C(=O)Nc2ccc(O)cc21. The maximum atomic E-state index is 11.5. The average molecular weight is 223 g/mol. The topological polar surface area (TPSA) is 107 Å². The molecule has 0 radical (unpaired) electrons. The molecule has 2 rings (SSSR count). The van der Waals surface area contributed by atoms with Gasteiger partial charge in [0.05, 0.1) is 6.42 Å². The molecule has 0 spiro atoms. The van der Waals surface area contributed by atoms with Crippen LogP contribution in [0.5, 0.6) is 5.75 Å². The third-order valence-electron chi connectivity index (χ3n) is 2.48. The van der Waals surface area contributed by atoms with Gasteiger partial charge in [0.25, 0.3) is 5.91 Å². The highest BCUT2D eigenvalue weighted by Crippen LogP contribution is 2.39. The third-order valence-corrected chi connectivity index (χ3v) is 2.48. The van der Waals surface area contributed by atoms with Gasteiger partial charge in [0, 0.05) is 11.3 Å². The molecule has 1 aromatic rings. The molecule has 1 heterocycles. The molecule has 1 unspecified atom stereocenters. The van der Waals surface area contributed by atoms with Crippen molar-refractivity contribution in [2.75, 3.05) is 5.32 Å². The molecule has 16 heavy (non-hydrogen) atoms. The summed E-state index contributed by atoms with van der Waals surface area (Å²) in [5, 5.41) is 30.3. The molecule has 0 saturated carbocycles. The lowest BCUT2D eigenvalue weighted by Crippen LogP contribution is -2.36. The lowest BCUT2D eigenvalue weighted by atomic mass is 9.92. The molecule has 1 aromatic carbocycles. The highest BCUT2D eigenvalue weighted by molar-refractivity contribution is 6.06. The van der Waals surface area contributed by atoms with Gasteiger partial charge in [-0.25, -0.2) is 0 Å². The number of nitrogens with one attached hydrogen (secondary N) is 1. The second kappa shape index (κ2) is 3.21. The minimum absolute atomic E-state index is 0.0832. The standard InChI is InChI=1S/C10H9NO5/c12-5-1-2-7-6(3-5)10(16,4-8(13)14)9(15)11-7/h1-3,12,16H,4H2,(H,11,15)(H,13,14). The second-order valence-electron chi connectivity index (χ2n) is 3.61. The summed E-state index contributed by atoms with van der Waals surface area (Å²) < 4.78 is 0. The minimum Gasteiger partial charge on any atom is -0.508 e. The van der Waals surface area contributed by atoms with E-state index in [-0.39, 0.29) is 11.3 Å². The van der Waals surface area contributed by atoms with Crippen LogP contribution in [0.15, 0.2) is 18.2 Å². The summed E-state index contributed by atoms with van der Waals surface area (Å²) in [6, 6.07) is 3.92. The van der Waals surface area contributed by atoms with E-state index in [1.807, 2.05) is 0 Å². The number of phenolic OH excluding ortho intramolecular Hbond substituents is 1. The summed E-state index contributed by atoms with van der Waals surface area (Å²) in [6.45, 7) is 0. The molecule has 4 N–H and O–H groups in total. The summed E-state index contributed by atoms with van der Waals surface area (Å²) in [6.07, 6.45) is -0.741. The molecular weight excluding hydrogens is 214 g/mol. The van der Waals surface area contributed by atoms with Crippen LogP contribution in [0, 0.1) is 0 Å². The van der Waals surface area contributed by atoms with Gasteiger partial charge < -0.3 is 20.6 Å². The van der Waals surface area contributed by atoms with E-state index in [2.05, 4.69) is 5.32 Å². The first kappa shape index (κ1) is 10.4. The molecule has 0 fully saturated rings. The molecule has 0 bridgehead atoms. The number of phenols is 1. The normalized spacial score (nSPS) is 22.7. The zero-order valence-corrected chi connectivity index (χ0v) is 8.10. The lowest BCUT2D eigenvalue weighted by Gasteiger charge is -2.18.